The SMILES string of the molecule is [AlH3].[B].[Ti].[Ti]. The minimum Gasteiger partial charge on any atom is 0 e. The Morgan fingerprint density at radius 3 is 0.750 bits per heavy atom. The van der Waals surface area contributed by atoms with Gasteiger partial charge in [-0.2, -0.15) is 0 Å². The van der Waals surface area contributed by atoms with Crippen LogP contribution in [0.15, 0.2) is 0 Å². The summed E-state index contributed by atoms with van der Waals surface area (Å²) in [5.41, 5.74) is 0. The fourth-order valence-corrected chi connectivity index (χ4v) is 0. The molecule has 0 saturated carbocycles. The van der Waals surface area contributed by atoms with Crippen molar-refractivity contribution in [3.05, 3.63) is 0 Å². The molecule has 0 aromatic carbocycles. The third-order valence-corrected chi connectivity index (χ3v) is 0. The van der Waals surface area contributed by atoms with E-state index < -0.39 is 0 Å². The van der Waals surface area contributed by atoms with Gasteiger partial charge in [0.15, 0.2) is 17.4 Å². The van der Waals surface area contributed by atoms with E-state index in [0.717, 1.165) is 0 Å². The second kappa shape index (κ2) is 19.8. The minimum atomic E-state index is 0. The summed E-state index contributed by atoms with van der Waals surface area (Å²) in [4.78, 5) is 0. The van der Waals surface area contributed by atoms with Gasteiger partial charge in [-0.1, -0.05) is 0 Å². The van der Waals surface area contributed by atoms with Crippen LogP contribution >= 0.6 is 0 Å². The van der Waals surface area contributed by atoms with E-state index in [-0.39, 0.29) is 69.2 Å². The first-order valence-corrected chi connectivity index (χ1v) is 0. The maximum Gasteiger partial charge on any atom is 0.187 e. The molecule has 0 amide bonds. The van der Waals surface area contributed by atoms with Crippen molar-refractivity contribution < 1.29 is 43.4 Å². The van der Waals surface area contributed by atoms with Gasteiger partial charge < -0.3 is 0 Å². The molecule has 4 heteroatoms. The Balaban J connectivity index is 0. The van der Waals surface area contributed by atoms with E-state index in [1.807, 2.05) is 0 Å². The summed E-state index contributed by atoms with van der Waals surface area (Å²) in [5.74, 6) is 0. The number of hydrogen-bond donors (Lipinski definition) is 0. The Hall–Kier alpha value is 2.03. The van der Waals surface area contributed by atoms with Crippen LogP contribution < -0.4 is 0 Å². The minimum absolute atomic E-state index is 0. The molecular formula is H3AlBTi2. The van der Waals surface area contributed by atoms with E-state index in [1.54, 1.807) is 0 Å². The van der Waals surface area contributed by atoms with Gasteiger partial charge >= 0.3 is 0 Å². The molecule has 0 saturated heterocycles. The molecular weight excluding hydrogens is 134 g/mol. The summed E-state index contributed by atoms with van der Waals surface area (Å²) in [6.45, 7) is 0. The van der Waals surface area contributed by atoms with E-state index in [2.05, 4.69) is 0 Å². The second-order valence-electron chi connectivity index (χ2n) is 0. The molecule has 4 heavy (non-hydrogen) atoms. The van der Waals surface area contributed by atoms with E-state index in [9.17, 15) is 0 Å². The normalized spacial score (nSPS) is 0. The molecule has 0 bridgehead atoms. The quantitative estimate of drug-likeness (QED) is 0.353. The van der Waals surface area contributed by atoms with Crippen LogP contribution in [0.4, 0.5) is 0 Å². The molecule has 0 heterocycles. The van der Waals surface area contributed by atoms with Gasteiger partial charge in [-0.15, -0.1) is 0 Å². The molecule has 17 valence electrons. The Morgan fingerprint density at radius 1 is 0.750 bits per heavy atom. The molecule has 3 radical (unpaired) electrons. The van der Waals surface area contributed by atoms with Crippen LogP contribution in [0, 0.1) is 0 Å². The van der Waals surface area contributed by atoms with Crippen molar-refractivity contribution in [2.24, 2.45) is 0 Å². The molecule has 0 fully saturated rings. The van der Waals surface area contributed by atoms with Crippen molar-refractivity contribution in [3.8, 4) is 0 Å². The largest absolute Gasteiger partial charge is 0.187 e. The van der Waals surface area contributed by atoms with Crippen molar-refractivity contribution in [1.29, 1.82) is 0 Å². The Morgan fingerprint density at radius 2 is 0.750 bits per heavy atom. The van der Waals surface area contributed by atoms with Gasteiger partial charge in [-0.05, 0) is 0 Å². The molecule has 0 unspecified atom stereocenters. The molecule has 0 N–H and O–H groups in total. The average molecular weight is 137 g/mol. The summed E-state index contributed by atoms with van der Waals surface area (Å²) in [6.07, 6.45) is 0. The zero-order chi connectivity index (χ0) is 0. The summed E-state index contributed by atoms with van der Waals surface area (Å²) in [6, 6.07) is 0. The van der Waals surface area contributed by atoms with Gasteiger partial charge in [-0.25, -0.2) is 0 Å². The summed E-state index contributed by atoms with van der Waals surface area (Å²) in [5, 5.41) is 0. The van der Waals surface area contributed by atoms with Crippen molar-refractivity contribution in [1.82, 2.24) is 0 Å². The van der Waals surface area contributed by atoms with E-state index in [1.165, 1.54) is 0 Å². The van der Waals surface area contributed by atoms with Gasteiger partial charge in [0, 0.05) is 51.8 Å². The third-order valence-electron chi connectivity index (χ3n) is 0. The molecule has 0 spiro atoms. The van der Waals surface area contributed by atoms with E-state index in [0.29, 0.717) is 0 Å². The second-order valence-corrected chi connectivity index (χ2v) is 0. The predicted octanol–water partition coefficient (Wildman–Crippen LogP) is -1.57. The van der Waals surface area contributed by atoms with Crippen molar-refractivity contribution in [2.45, 2.75) is 0 Å². The first kappa shape index (κ1) is 37.1. The van der Waals surface area contributed by atoms with Gasteiger partial charge in [0.2, 0.25) is 0 Å². The standard InChI is InChI=1S/Al.B.2Ti.3H. The third kappa shape index (κ3) is 8.98. The first-order valence-electron chi connectivity index (χ1n) is 0. The monoisotopic (exact) mass is 137 g/mol. The van der Waals surface area contributed by atoms with E-state index in [4.69, 9.17) is 0 Å². The fraction of sp³-hybridized carbons (Fsp3) is 0. The molecule has 0 aliphatic rings. The van der Waals surface area contributed by atoms with Crippen LogP contribution in [0.3, 0.4) is 0 Å². The van der Waals surface area contributed by atoms with Crippen LogP contribution in [0.2, 0.25) is 0 Å². The Labute approximate surface area is 68.6 Å². The average Bonchev–Trinajstić information content (AvgIpc) is 0. The van der Waals surface area contributed by atoms with Crippen LogP contribution in [0.1, 0.15) is 0 Å². The Bertz CT molecular complexity index is 6.00. The summed E-state index contributed by atoms with van der Waals surface area (Å²) >= 11 is 0. The molecule has 0 aliphatic heterocycles. The van der Waals surface area contributed by atoms with Gasteiger partial charge in [0.05, 0.1) is 0 Å². The molecule has 0 nitrogen and oxygen atoms in total. The summed E-state index contributed by atoms with van der Waals surface area (Å²) in [7, 11) is 0. The fourth-order valence-electron chi connectivity index (χ4n) is 0. The molecule has 0 aromatic rings. The molecule has 0 rings (SSSR count). The zero-order valence-corrected chi connectivity index (χ0v) is 4.70. The van der Waals surface area contributed by atoms with Gasteiger partial charge in [-0.3, -0.25) is 0 Å². The zero-order valence-electron chi connectivity index (χ0n) is 1.58. The van der Waals surface area contributed by atoms with Crippen LogP contribution in [0.5, 0.6) is 0 Å². The molecule has 0 aliphatic carbocycles. The van der Waals surface area contributed by atoms with Crippen molar-refractivity contribution in [2.75, 3.05) is 0 Å². The van der Waals surface area contributed by atoms with Crippen LogP contribution in [-0.2, 0) is 43.4 Å². The smallest absolute Gasteiger partial charge is 0 e. The summed E-state index contributed by atoms with van der Waals surface area (Å²) < 4.78 is 0. The predicted molar refractivity (Wildman–Crippen MR) is 15.7 cm³/mol. The molecule has 0 aromatic heterocycles. The van der Waals surface area contributed by atoms with Crippen LogP contribution in [-0.4, -0.2) is 25.8 Å². The van der Waals surface area contributed by atoms with Gasteiger partial charge in [0.25, 0.3) is 0 Å². The number of hydrogen-bond acceptors (Lipinski definition) is 0. The van der Waals surface area contributed by atoms with Gasteiger partial charge in [0.1, 0.15) is 0 Å². The topological polar surface area (TPSA) is 0 Å². The Kier molecular flexibility index (Phi) is 184. The maximum absolute atomic E-state index is 0. The van der Waals surface area contributed by atoms with E-state index >= 15 is 0 Å². The maximum atomic E-state index is 0. The first-order chi connectivity index (χ1) is 0. The van der Waals surface area contributed by atoms with Crippen molar-refractivity contribution >= 4 is 25.8 Å². The van der Waals surface area contributed by atoms with Crippen molar-refractivity contribution in [3.63, 3.8) is 0 Å². The van der Waals surface area contributed by atoms with Crippen LogP contribution in [0.25, 0.3) is 0 Å². The number of rotatable bonds is 0. The molecule has 0 atom stereocenters.